The van der Waals surface area contributed by atoms with Crippen molar-refractivity contribution in [1.82, 2.24) is 0 Å². The van der Waals surface area contributed by atoms with Crippen LogP contribution in [0.4, 0.5) is 0 Å². The number of nitriles is 1. The fourth-order valence-electron chi connectivity index (χ4n) is 0. The molecule has 20 heteroatoms. The third-order valence-corrected chi connectivity index (χ3v) is 0. The topological polar surface area (TPSA) is 301 Å². The Morgan fingerprint density at radius 2 is 0.714 bits per heavy atom. The summed E-state index contributed by atoms with van der Waals surface area (Å²) in [6.07, 6.45) is 1.25. The van der Waals surface area contributed by atoms with Gasteiger partial charge in [0.1, 0.15) is 0 Å². The fraction of sp³-hybridized carbons (Fsp3) is 0. The summed E-state index contributed by atoms with van der Waals surface area (Å²) in [5.41, 5.74) is 4.15. The standard InChI is InChI=1S/CH2N2.3BH3O3.BO3.Ca.Na/c2-1-3;4*2-1(3)4;;/h2H2;3*2-4H;;;/q;;;;-3;+2;+1. The van der Waals surface area contributed by atoms with Crippen LogP contribution in [-0.2, 0) is 0 Å². The molecule has 0 rings (SSSR count). The van der Waals surface area contributed by atoms with Crippen molar-refractivity contribution in [2.24, 2.45) is 5.73 Å². The molecule has 112 valence electrons. The quantitative estimate of drug-likeness (QED) is 0.110. The Morgan fingerprint density at radius 1 is 0.714 bits per heavy atom. The van der Waals surface area contributed by atoms with Crippen LogP contribution in [0.2, 0.25) is 0 Å². The summed E-state index contributed by atoms with van der Waals surface area (Å²) in [4.78, 5) is 0. The molecule has 0 aliphatic carbocycles. The molecule has 0 saturated carbocycles. The Kier molecular flexibility index (Phi) is 88.4. The molecule has 11 N–H and O–H groups in total. The van der Waals surface area contributed by atoms with E-state index in [9.17, 15) is 0 Å². The molecular weight excluding hydrogens is 338 g/mol. The molecule has 21 heavy (non-hydrogen) atoms. The average Bonchev–Trinajstić information content (AvgIpc) is 1.97. The summed E-state index contributed by atoms with van der Waals surface area (Å²) < 4.78 is 0. The van der Waals surface area contributed by atoms with Crippen LogP contribution in [0.25, 0.3) is 0 Å². The fourth-order valence-corrected chi connectivity index (χ4v) is 0. The molecular formula is CH11B4CaN2NaO12. The van der Waals surface area contributed by atoms with E-state index < -0.39 is 29.3 Å². The van der Waals surface area contributed by atoms with Crippen LogP contribution >= 0.6 is 0 Å². The molecule has 0 fully saturated rings. The van der Waals surface area contributed by atoms with E-state index in [0.29, 0.717) is 0 Å². The zero-order valence-corrected chi connectivity index (χ0v) is 15.0. The average molecular weight is 349 g/mol. The van der Waals surface area contributed by atoms with Gasteiger partial charge in [-0.25, -0.2) is 0 Å². The van der Waals surface area contributed by atoms with Gasteiger partial charge in [-0.2, -0.15) is 5.26 Å². The maximum absolute atomic E-state index is 8.42. The van der Waals surface area contributed by atoms with E-state index in [4.69, 9.17) is 65.6 Å². The molecule has 0 aliphatic heterocycles. The van der Waals surface area contributed by atoms with Gasteiger partial charge in [-0.15, -0.1) is 0 Å². The summed E-state index contributed by atoms with van der Waals surface area (Å²) in [5.74, 6) is 0. The van der Waals surface area contributed by atoms with Gasteiger partial charge in [0.15, 0.2) is 6.19 Å². The van der Waals surface area contributed by atoms with Crippen molar-refractivity contribution in [3.63, 3.8) is 0 Å². The van der Waals surface area contributed by atoms with Gasteiger partial charge in [-0.1, -0.05) is 0 Å². The molecule has 14 nitrogen and oxygen atoms in total. The largest absolute Gasteiger partial charge is 2.00 e. The SMILES string of the molecule is N#CN.OB(O)O.OB(O)O.OB(O)O.[Ca+2].[Na+].[O-]B([O-])[O-]. The van der Waals surface area contributed by atoms with E-state index in [1.165, 1.54) is 6.19 Å². The summed E-state index contributed by atoms with van der Waals surface area (Å²) in [6, 6.07) is 0. The van der Waals surface area contributed by atoms with Gasteiger partial charge in [0.25, 0.3) is 0 Å². The van der Waals surface area contributed by atoms with E-state index >= 15 is 0 Å². The second-order valence-corrected chi connectivity index (χ2v) is 1.46. The zero-order chi connectivity index (χ0) is 17.0. The van der Waals surface area contributed by atoms with Crippen molar-refractivity contribution in [3.05, 3.63) is 0 Å². The molecule has 0 saturated heterocycles. The summed E-state index contributed by atoms with van der Waals surface area (Å²) in [6.45, 7) is 0. The zero-order valence-electron chi connectivity index (χ0n) is 10.8. The minimum Gasteiger partial charge on any atom is -0.907 e. The van der Waals surface area contributed by atoms with Crippen molar-refractivity contribution >= 4 is 67.0 Å². The van der Waals surface area contributed by atoms with Crippen molar-refractivity contribution in [1.29, 1.82) is 5.26 Å². The van der Waals surface area contributed by atoms with Crippen LogP contribution in [-0.4, -0.2) is 112 Å². The molecule has 0 bridgehead atoms. The second kappa shape index (κ2) is 42.9. The first-order valence-corrected chi connectivity index (χ1v) is 3.54. The van der Waals surface area contributed by atoms with Gasteiger partial charge in [0.05, 0.1) is 0 Å². The monoisotopic (exact) mass is 350 g/mol. The molecule has 0 aromatic carbocycles. The molecule has 0 aliphatic rings. The molecule has 0 amide bonds. The number of nitrogens with zero attached hydrogens (tertiary/aromatic N) is 1. The van der Waals surface area contributed by atoms with Crippen LogP contribution in [0.5, 0.6) is 0 Å². The van der Waals surface area contributed by atoms with Crippen molar-refractivity contribution in [2.75, 3.05) is 0 Å². The van der Waals surface area contributed by atoms with Crippen LogP contribution in [0.15, 0.2) is 0 Å². The maximum atomic E-state index is 8.42. The van der Waals surface area contributed by atoms with Gasteiger partial charge in [0.2, 0.25) is 0 Å². The third-order valence-electron chi connectivity index (χ3n) is 0. The Bertz CT molecular complexity index is 137. The predicted octanol–water partition coefficient (Wildman–Crippen LogP) is -14.1. The molecule has 0 aromatic rings. The first kappa shape index (κ1) is 43.2. The molecule has 0 unspecified atom stereocenters. The smallest absolute Gasteiger partial charge is 0.907 e. The van der Waals surface area contributed by atoms with Gasteiger partial charge in [-0.05, 0) is 0 Å². The molecule has 0 atom stereocenters. The van der Waals surface area contributed by atoms with Gasteiger partial charge >= 0.3 is 89.3 Å². The molecule has 0 radical (unpaired) electrons. The first-order valence-electron chi connectivity index (χ1n) is 3.54. The van der Waals surface area contributed by atoms with E-state index in [1.54, 1.807) is 0 Å². The van der Waals surface area contributed by atoms with Crippen LogP contribution < -0.4 is 50.4 Å². The van der Waals surface area contributed by atoms with Crippen LogP contribution in [0.1, 0.15) is 0 Å². The Morgan fingerprint density at radius 3 is 0.714 bits per heavy atom. The number of hydrogen-bond acceptors (Lipinski definition) is 14. The number of rotatable bonds is 0. The van der Waals surface area contributed by atoms with Gasteiger partial charge in [-0.3, -0.25) is 7.32 Å². The van der Waals surface area contributed by atoms with Crippen molar-refractivity contribution < 1.29 is 89.8 Å². The minimum absolute atomic E-state index is 0. The van der Waals surface area contributed by atoms with Crippen LogP contribution in [0.3, 0.4) is 0 Å². The van der Waals surface area contributed by atoms with Gasteiger partial charge < -0.3 is 66.0 Å². The molecule has 0 heterocycles. The first-order chi connectivity index (χ1) is 8.34. The van der Waals surface area contributed by atoms with E-state index in [-0.39, 0.29) is 67.3 Å². The van der Waals surface area contributed by atoms with E-state index in [0.717, 1.165) is 0 Å². The summed E-state index contributed by atoms with van der Waals surface area (Å²) in [7, 11) is -9.42. The summed E-state index contributed by atoms with van der Waals surface area (Å²) >= 11 is 0. The van der Waals surface area contributed by atoms with E-state index in [1.807, 2.05) is 0 Å². The van der Waals surface area contributed by atoms with Crippen molar-refractivity contribution in [3.8, 4) is 6.19 Å². The minimum atomic E-state index is -2.92. The van der Waals surface area contributed by atoms with Crippen LogP contribution in [0, 0.1) is 11.5 Å². The Balaban J connectivity index is -0.0000000229. The summed E-state index contributed by atoms with van der Waals surface area (Å²) in [5, 5.41) is 96.8. The third kappa shape index (κ3) is 4510. The Labute approximate surface area is 172 Å². The Hall–Kier alpha value is 1.33. The second-order valence-electron chi connectivity index (χ2n) is 1.46. The molecule has 0 spiro atoms. The molecule has 0 aromatic heterocycles. The predicted molar refractivity (Wildman–Crippen MR) is 58.5 cm³/mol. The maximum Gasteiger partial charge on any atom is 2.00 e. The van der Waals surface area contributed by atoms with E-state index in [2.05, 4.69) is 5.73 Å². The number of hydrogen-bond donors (Lipinski definition) is 10. The number of nitrogens with two attached hydrogens (primary N) is 1. The van der Waals surface area contributed by atoms with Gasteiger partial charge in [0, 0.05) is 0 Å². The normalized spacial score (nSPS) is 5.48. The van der Waals surface area contributed by atoms with Crippen molar-refractivity contribution in [2.45, 2.75) is 0 Å².